The minimum Gasteiger partial charge on any atom is -0.245 e. The Bertz CT molecular complexity index is 1020. The average Bonchev–Trinajstić information content (AvgIpc) is 3.19. The van der Waals surface area contributed by atoms with Crippen molar-refractivity contribution in [2.75, 3.05) is 0 Å². The number of fused-ring (bicyclic) bond motifs is 3. The van der Waals surface area contributed by atoms with E-state index in [2.05, 4.69) is 29.3 Å². The van der Waals surface area contributed by atoms with E-state index in [0.717, 1.165) is 39.0 Å². The molecule has 0 unspecified atom stereocenters. The maximum Gasteiger partial charge on any atom is 0.191 e. The van der Waals surface area contributed by atoms with Crippen LogP contribution in [0.1, 0.15) is 36.3 Å². The molecule has 0 saturated carbocycles. The summed E-state index contributed by atoms with van der Waals surface area (Å²) in [6.45, 7) is 6.25. The fourth-order valence-electron chi connectivity index (χ4n) is 2.52. The van der Waals surface area contributed by atoms with E-state index < -0.39 is 0 Å². The number of aryl methyl sites for hydroxylation is 1. The SMILES string of the molecule is Cc1nc2c3ccccc3nc(SCc3csc(C(C)C)n3)n2n1. The number of para-hydroxylation sites is 1. The first-order valence-electron chi connectivity index (χ1n) is 7.81. The van der Waals surface area contributed by atoms with E-state index in [1.165, 1.54) is 5.01 Å². The topological polar surface area (TPSA) is 56.0 Å². The first-order chi connectivity index (χ1) is 11.6. The van der Waals surface area contributed by atoms with Gasteiger partial charge in [0, 0.05) is 22.4 Å². The van der Waals surface area contributed by atoms with Gasteiger partial charge in [0.1, 0.15) is 5.82 Å². The van der Waals surface area contributed by atoms with Gasteiger partial charge < -0.3 is 0 Å². The first kappa shape index (κ1) is 15.5. The van der Waals surface area contributed by atoms with Crippen molar-refractivity contribution >= 4 is 39.6 Å². The highest BCUT2D eigenvalue weighted by Gasteiger charge is 2.13. The number of aromatic nitrogens is 5. The molecular weight excluding hydrogens is 338 g/mol. The van der Waals surface area contributed by atoms with Gasteiger partial charge in [-0.05, 0) is 19.1 Å². The predicted octanol–water partition coefficient (Wildman–Crippen LogP) is 4.46. The Morgan fingerprint density at radius 3 is 2.79 bits per heavy atom. The normalized spacial score (nSPS) is 11.8. The smallest absolute Gasteiger partial charge is 0.191 e. The van der Waals surface area contributed by atoms with Gasteiger partial charge in [0.05, 0.1) is 16.2 Å². The molecule has 7 heteroatoms. The van der Waals surface area contributed by atoms with Crippen molar-refractivity contribution in [3.05, 3.63) is 46.2 Å². The van der Waals surface area contributed by atoms with Gasteiger partial charge in [-0.25, -0.2) is 15.0 Å². The summed E-state index contributed by atoms with van der Waals surface area (Å²) in [6, 6.07) is 8.06. The highest BCUT2D eigenvalue weighted by atomic mass is 32.2. The lowest BCUT2D eigenvalue weighted by molar-refractivity contribution is 0.796. The van der Waals surface area contributed by atoms with Crippen LogP contribution in [0.2, 0.25) is 0 Å². The molecule has 5 nitrogen and oxygen atoms in total. The zero-order valence-electron chi connectivity index (χ0n) is 13.7. The summed E-state index contributed by atoms with van der Waals surface area (Å²) in [4.78, 5) is 14.0. The number of hydrogen-bond acceptors (Lipinski definition) is 6. The zero-order valence-corrected chi connectivity index (χ0v) is 15.4. The third-order valence-corrected chi connectivity index (χ3v) is 5.82. The van der Waals surface area contributed by atoms with E-state index in [1.807, 2.05) is 35.7 Å². The summed E-state index contributed by atoms with van der Waals surface area (Å²) in [5.74, 6) is 2.01. The Hall–Kier alpha value is -1.99. The van der Waals surface area contributed by atoms with Crippen molar-refractivity contribution in [2.24, 2.45) is 0 Å². The van der Waals surface area contributed by atoms with Gasteiger partial charge in [0.25, 0.3) is 0 Å². The largest absolute Gasteiger partial charge is 0.245 e. The van der Waals surface area contributed by atoms with Crippen molar-refractivity contribution in [3.8, 4) is 0 Å². The molecule has 0 amide bonds. The quantitative estimate of drug-likeness (QED) is 0.400. The molecule has 4 rings (SSSR count). The van der Waals surface area contributed by atoms with E-state index in [1.54, 1.807) is 23.1 Å². The first-order valence-corrected chi connectivity index (χ1v) is 9.67. The lowest BCUT2D eigenvalue weighted by atomic mass is 10.2. The molecule has 122 valence electrons. The van der Waals surface area contributed by atoms with Crippen molar-refractivity contribution < 1.29 is 0 Å². The summed E-state index contributed by atoms with van der Waals surface area (Å²) in [7, 11) is 0. The molecule has 0 radical (unpaired) electrons. The molecule has 0 atom stereocenters. The summed E-state index contributed by atoms with van der Waals surface area (Å²) in [5, 5.41) is 9.70. The third-order valence-electron chi connectivity index (χ3n) is 3.67. The number of thiazole rings is 1. The van der Waals surface area contributed by atoms with Crippen molar-refractivity contribution in [3.63, 3.8) is 0 Å². The van der Waals surface area contributed by atoms with Gasteiger partial charge in [-0.3, -0.25) is 0 Å². The van der Waals surface area contributed by atoms with E-state index in [-0.39, 0.29) is 0 Å². The molecular formula is C17H17N5S2. The molecule has 0 aliphatic rings. The van der Waals surface area contributed by atoms with Gasteiger partial charge in [-0.2, -0.15) is 4.52 Å². The van der Waals surface area contributed by atoms with Gasteiger partial charge in [-0.15, -0.1) is 16.4 Å². The molecule has 24 heavy (non-hydrogen) atoms. The number of rotatable bonds is 4. The molecule has 0 saturated heterocycles. The van der Waals surface area contributed by atoms with Crippen LogP contribution in [0.3, 0.4) is 0 Å². The second kappa shape index (κ2) is 6.14. The zero-order chi connectivity index (χ0) is 16.7. The molecule has 0 fully saturated rings. The Labute approximate surface area is 148 Å². The fraction of sp³-hybridized carbons (Fsp3) is 0.294. The van der Waals surface area contributed by atoms with E-state index in [9.17, 15) is 0 Å². The molecule has 4 aromatic rings. The summed E-state index contributed by atoms with van der Waals surface area (Å²) < 4.78 is 1.85. The molecule has 0 bridgehead atoms. The number of hydrogen-bond donors (Lipinski definition) is 0. The molecule has 3 heterocycles. The lowest BCUT2D eigenvalue weighted by Crippen LogP contribution is -1.98. The van der Waals surface area contributed by atoms with Crippen LogP contribution in [0.25, 0.3) is 16.6 Å². The lowest BCUT2D eigenvalue weighted by Gasteiger charge is -2.05. The second-order valence-electron chi connectivity index (χ2n) is 5.93. The van der Waals surface area contributed by atoms with Gasteiger partial charge in [0.2, 0.25) is 0 Å². The summed E-state index contributed by atoms with van der Waals surface area (Å²) >= 11 is 3.37. The predicted molar refractivity (Wildman–Crippen MR) is 98.8 cm³/mol. The summed E-state index contributed by atoms with van der Waals surface area (Å²) in [6.07, 6.45) is 0. The van der Waals surface area contributed by atoms with Crippen LogP contribution in [-0.2, 0) is 5.75 Å². The van der Waals surface area contributed by atoms with Crippen LogP contribution in [0.4, 0.5) is 0 Å². The van der Waals surface area contributed by atoms with Crippen LogP contribution >= 0.6 is 23.1 Å². The number of benzene rings is 1. The minimum atomic E-state index is 0.470. The van der Waals surface area contributed by atoms with Crippen LogP contribution in [0.15, 0.2) is 34.8 Å². The molecule has 3 aromatic heterocycles. The average molecular weight is 355 g/mol. The Morgan fingerprint density at radius 1 is 1.17 bits per heavy atom. The molecule has 1 aromatic carbocycles. The molecule has 0 aliphatic heterocycles. The maximum absolute atomic E-state index is 4.77. The second-order valence-corrected chi connectivity index (χ2v) is 7.76. The van der Waals surface area contributed by atoms with Crippen molar-refractivity contribution in [1.82, 2.24) is 24.6 Å². The number of thioether (sulfide) groups is 1. The highest BCUT2D eigenvalue weighted by molar-refractivity contribution is 7.98. The third kappa shape index (κ3) is 2.78. The van der Waals surface area contributed by atoms with Gasteiger partial charge >= 0.3 is 0 Å². The minimum absolute atomic E-state index is 0.470. The van der Waals surface area contributed by atoms with E-state index in [0.29, 0.717) is 5.92 Å². The van der Waals surface area contributed by atoms with Crippen LogP contribution in [-0.4, -0.2) is 24.6 Å². The Balaban J connectivity index is 1.71. The highest BCUT2D eigenvalue weighted by Crippen LogP contribution is 2.27. The van der Waals surface area contributed by atoms with E-state index in [4.69, 9.17) is 9.97 Å². The van der Waals surface area contributed by atoms with Gasteiger partial charge in [0.15, 0.2) is 10.8 Å². The molecule has 0 aliphatic carbocycles. The molecule has 0 N–H and O–H groups in total. The maximum atomic E-state index is 4.77. The fourth-order valence-corrected chi connectivity index (χ4v) is 4.30. The van der Waals surface area contributed by atoms with E-state index >= 15 is 0 Å². The molecule has 0 spiro atoms. The van der Waals surface area contributed by atoms with Crippen LogP contribution in [0, 0.1) is 6.92 Å². The van der Waals surface area contributed by atoms with Crippen molar-refractivity contribution in [1.29, 1.82) is 0 Å². The standard InChI is InChI=1S/C17H17N5S2/c1-10(2)16-19-12(8-23-16)9-24-17-20-14-7-5-4-6-13(14)15-18-11(3)21-22(15)17/h4-8,10H,9H2,1-3H3. The Morgan fingerprint density at radius 2 is 2.00 bits per heavy atom. The van der Waals surface area contributed by atoms with Crippen molar-refractivity contribution in [2.45, 2.75) is 37.6 Å². The summed E-state index contributed by atoms with van der Waals surface area (Å²) in [5.41, 5.74) is 2.90. The van der Waals surface area contributed by atoms with Gasteiger partial charge in [-0.1, -0.05) is 37.7 Å². The van der Waals surface area contributed by atoms with Crippen LogP contribution < -0.4 is 0 Å². The van der Waals surface area contributed by atoms with Crippen LogP contribution in [0.5, 0.6) is 0 Å². The monoisotopic (exact) mass is 355 g/mol. The number of nitrogens with zero attached hydrogens (tertiary/aromatic N) is 5. The Kier molecular flexibility index (Phi) is 3.97.